The summed E-state index contributed by atoms with van der Waals surface area (Å²) in [6, 6.07) is 0. The Bertz CT molecular complexity index is 31.7. The molecule has 3 nitrogen and oxygen atoms in total. The molecule has 0 aromatic carbocycles. The van der Waals surface area contributed by atoms with Crippen LogP contribution in [0.3, 0.4) is 0 Å². The Morgan fingerprint density at radius 2 is 1.14 bits per heavy atom. The number of aliphatic hydroxyl groups is 3. The topological polar surface area (TPSA) is 60.7 Å². The van der Waals surface area contributed by atoms with Crippen molar-refractivity contribution in [2.75, 3.05) is 13.9 Å². The molecule has 0 fully saturated rings. The van der Waals surface area contributed by atoms with Crippen molar-refractivity contribution >= 4 is 19.8 Å². The van der Waals surface area contributed by atoms with E-state index >= 15 is 0 Å². The third-order valence-corrected chi connectivity index (χ3v) is 4.50. The van der Waals surface area contributed by atoms with Crippen LogP contribution in [0.4, 0.5) is 0 Å². The fourth-order valence-corrected chi connectivity index (χ4v) is 1.01. The van der Waals surface area contributed by atoms with Crippen LogP contribution in [0.1, 0.15) is 0 Å². The molecular formula is C3H9O3Sn. The average molecular weight is 212 g/mol. The van der Waals surface area contributed by atoms with Crippen molar-refractivity contribution < 1.29 is 15.3 Å². The molecular weight excluding hydrogens is 203 g/mol. The first-order valence-electron chi connectivity index (χ1n) is 2.01. The molecule has 0 amide bonds. The molecule has 0 saturated heterocycles. The molecule has 0 bridgehead atoms. The summed E-state index contributed by atoms with van der Waals surface area (Å²) in [5.41, 5.74) is 0. The van der Waals surface area contributed by atoms with Crippen molar-refractivity contribution in [3.63, 3.8) is 0 Å². The summed E-state index contributed by atoms with van der Waals surface area (Å²) in [5.74, 6) is 0. The van der Waals surface area contributed by atoms with Crippen molar-refractivity contribution in [2.24, 2.45) is 0 Å². The van der Waals surface area contributed by atoms with E-state index in [-0.39, 0.29) is 13.9 Å². The van der Waals surface area contributed by atoms with Crippen LogP contribution < -0.4 is 0 Å². The third kappa shape index (κ3) is 3.28. The summed E-state index contributed by atoms with van der Waals surface area (Å²) < 4.78 is 0.152. The van der Waals surface area contributed by atoms with Crippen LogP contribution in [0.5, 0.6) is 0 Å². The van der Waals surface area contributed by atoms with E-state index in [0.29, 0.717) is 0 Å². The Balaban J connectivity index is 2.99. The van der Waals surface area contributed by atoms with Gasteiger partial charge in [0.1, 0.15) is 0 Å². The van der Waals surface area contributed by atoms with Crippen LogP contribution in [0.2, 0.25) is 0 Å². The second-order valence-electron chi connectivity index (χ2n) is 1.22. The van der Waals surface area contributed by atoms with E-state index in [1.54, 1.807) is 0 Å². The van der Waals surface area contributed by atoms with E-state index in [4.69, 9.17) is 15.3 Å². The van der Waals surface area contributed by atoms with Gasteiger partial charge in [-0.05, 0) is 0 Å². The van der Waals surface area contributed by atoms with Gasteiger partial charge in [-0.15, -0.1) is 0 Å². The number of hydrogen-bond acceptors (Lipinski definition) is 3. The van der Waals surface area contributed by atoms with E-state index in [0.717, 1.165) is 0 Å². The SMILES string of the molecule is O[CH2][Sn]([CH2]O)[CH2]O. The normalized spacial score (nSPS) is 10.3. The van der Waals surface area contributed by atoms with E-state index in [1.807, 2.05) is 0 Å². The third-order valence-electron chi connectivity index (χ3n) is 0.671. The van der Waals surface area contributed by atoms with Crippen LogP contribution in [-0.2, 0) is 0 Å². The summed E-state index contributed by atoms with van der Waals surface area (Å²) >= 11 is -1.99. The second-order valence-corrected chi connectivity index (χ2v) is 8.21. The van der Waals surface area contributed by atoms with Gasteiger partial charge in [-0.25, -0.2) is 0 Å². The van der Waals surface area contributed by atoms with E-state index < -0.39 is 19.8 Å². The quantitative estimate of drug-likeness (QED) is 0.477. The summed E-state index contributed by atoms with van der Waals surface area (Å²) in [6.45, 7) is 0. The van der Waals surface area contributed by atoms with Crippen molar-refractivity contribution in [3.8, 4) is 0 Å². The van der Waals surface area contributed by atoms with Gasteiger partial charge in [0, 0.05) is 0 Å². The first kappa shape index (κ1) is 7.68. The van der Waals surface area contributed by atoms with Crippen LogP contribution in [0.15, 0.2) is 0 Å². The van der Waals surface area contributed by atoms with Crippen LogP contribution in [0, 0.1) is 0 Å². The van der Waals surface area contributed by atoms with Crippen molar-refractivity contribution in [1.82, 2.24) is 0 Å². The Labute approximate surface area is 49.3 Å². The average Bonchev–Trinajstić information content (AvgIpc) is 1.72. The molecule has 0 atom stereocenters. The monoisotopic (exact) mass is 213 g/mol. The minimum absolute atomic E-state index is 0.0508. The summed E-state index contributed by atoms with van der Waals surface area (Å²) in [6.07, 6.45) is 0. The number of aliphatic hydroxyl groups excluding tert-OH is 3. The molecule has 0 saturated carbocycles. The van der Waals surface area contributed by atoms with Crippen LogP contribution in [0.25, 0.3) is 0 Å². The molecule has 0 unspecified atom stereocenters. The van der Waals surface area contributed by atoms with Gasteiger partial charge in [0.25, 0.3) is 0 Å². The Hall–Kier alpha value is 0.679. The molecule has 0 aliphatic heterocycles. The Kier molecular flexibility index (Phi) is 5.30. The van der Waals surface area contributed by atoms with Gasteiger partial charge < -0.3 is 0 Å². The summed E-state index contributed by atoms with van der Waals surface area (Å²) in [4.78, 5) is 0. The van der Waals surface area contributed by atoms with E-state index in [9.17, 15) is 0 Å². The molecule has 0 heterocycles. The van der Waals surface area contributed by atoms with Gasteiger partial charge in [-0.1, -0.05) is 0 Å². The maximum absolute atomic E-state index is 8.29. The van der Waals surface area contributed by atoms with Crippen molar-refractivity contribution in [3.05, 3.63) is 0 Å². The first-order valence-corrected chi connectivity index (χ1v) is 8.06. The van der Waals surface area contributed by atoms with Crippen LogP contribution >= 0.6 is 0 Å². The molecule has 43 valence electrons. The Morgan fingerprint density at radius 1 is 0.857 bits per heavy atom. The molecule has 3 N–H and O–H groups in total. The predicted octanol–water partition coefficient (Wildman–Crippen LogP) is -1.92. The standard InChI is InChI=1S/3CH3O.Sn/c3*1-2;/h3*2H,1H2;. The number of rotatable bonds is 3. The fraction of sp³-hybridized carbons (Fsp3) is 1.00. The molecule has 0 spiro atoms. The molecule has 1 radical (unpaired) electrons. The fourth-order valence-electron chi connectivity index (χ4n) is 0.150. The van der Waals surface area contributed by atoms with Gasteiger partial charge in [0.15, 0.2) is 0 Å². The van der Waals surface area contributed by atoms with Crippen LogP contribution in [-0.4, -0.2) is 48.9 Å². The van der Waals surface area contributed by atoms with Gasteiger partial charge >= 0.3 is 48.9 Å². The molecule has 0 aliphatic rings. The van der Waals surface area contributed by atoms with E-state index in [1.165, 1.54) is 0 Å². The minimum atomic E-state index is -1.99. The van der Waals surface area contributed by atoms with Gasteiger partial charge in [0.2, 0.25) is 0 Å². The molecule has 7 heavy (non-hydrogen) atoms. The number of hydrogen-bond donors (Lipinski definition) is 3. The van der Waals surface area contributed by atoms with Crippen molar-refractivity contribution in [1.29, 1.82) is 0 Å². The maximum atomic E-state index is 8.29. The molecule has 4 heteroatoms. The zero-order chi connectivity index (χ0) is 5.70. The predicted molar refractivity (Wildman–Crippen MR) is 27.0 cm³/mol. The second kappa shape index (κ2) is 4.83. The molecule has 0 aromatic heterocycles. The first-order chi connectivity index (χ1) is 3.35. The molecule has 0 aliphatic carbocycles. The van der Waals surface area contributed by atoms with Gasteiger partial charge in [-0.3, -0.25) is 0 Å². The summed E-state index contributed by atoms with van der Waals surface area (Å²) in [5, 5.41) is 24.9. The zero-order valence-electron chi connectivity index (χ0n) is 3.96. The van der Waals surface area contributed by atoms with Gasteiger partial charge in [0.05, 0.1) is 0 Å². The Morgan fingerprint density at radius 3 is 1.14 bits per heavy atom. The zero-order valence-corrected chi connectivity index (χ0v) is 6.82. The van der Waals surface area contributed by atoms with Crippen molar-refractivity contribution in [2.45, 2.75) is 0 Å². The summed E-state index contributed by atoms with van der Waals surface area (Å²) in [7, 11) is 0. The van der Waals surface area contributed by atoms with E-state index in [2.05, 4.69) is 0 Å². The molecule has 0 rings (SSSR count). The molecule has 0 aromatic rings. The van der Waals surface area contributed by atoms with Gasteiger partial charge in [-0.2, -0.15) is 0 Å².